The Morgan fingerprint density at radius 1 is 1.04 bits per heavy atom. The molecule has 14 heteroatoms. The first-order valence-corrected chi connectivity index (χ1v) is 16.8. The molecule has 2 saturated heterocycles. The molecule has 3 heterocycles. The van der Waals surface area contributed by atoms with Gasteiger partial charge in [-0.3, -0.25) is 20.0 Å². The number of pyridine rings is 1. The van der Waals surface area contributed by atoms with Crippen LogP contribution in [0.4, 0.5) is 13.6 Å². The molecular weight excluding hydrogens is 666 g/mol. The number of halogens is 2. The molecule has 3 aromatic rings. The van der Waals surface area contributed by atoms with E-state index in [1.807, 2.05) is 36.4 Å². The summed E-state index contributed by atoms with van der Waals surface area (Å²) in [4.78, 5) is 43.8. The molecule has 274 valence electrons. The summed E-state index contributed by atoms with van der Waals surface area (Å²) in [5.74, 6) is -4.83. The summed E-state index contributed by atoms with van der Waals surface area (Å²) >= 11 is 0. The largest absolute Gasteiger partial charge is 0.468 e. The highest BCUT2D eigenvalue weighted by atomic mass is 19.2. The molecule has 5 rings (SSSR count). The van der Waals surface area contributed by atoms with Crippen LogP contribution < -0.4 is 10.7 Å². The molecule has 2 fully saturated rings. The molecule has 2 aliphatic rings. The van der Waals surface area contributed by atoms with Crippen molar-refractivity contribution in [2.45, 2.75) is 64.7 Å². The van der Waals surface area contributed by atoms with Crippen LogP contribution in [0.25, 0.3) is 11.1 Å². The zero-order valence-corrected chi connectivity index (χ0v) is 29.0. The number of benzene rings is 2. The molecule has 2 amide bonds. The van der Waals surface area contributed by atoms with Gasteiger partial charge in [-0.1, -0.05) is 57.2 Å². The first-order chi connectivity index (χ1) is 24.3. The standard InChI is InChI=1S/C37H44F2N4O8/c1-37(2,3)32(34(46)48-4)33(45)41-29(17-22-7-10-24(11-8-22)25-6-5-14-40-18-25)30(44)20-43(19-23-9-12-27(38)28(39)16-23)42-36(47)51-31-21-50-35-26(31)13-15-49-35/h5-12,14,16,18,26,29-32,35,44H,13,15,17,19-21H2,1-4H3,(H,41,45)(H,42,47). The van der Waals surface area contributed by atoms with Gasteiger partial charge in [0.05, 0.1) is 38.4 Å². The summed E-state index contributed by atoms with van der Waals surface area (Å²) in [5.41, 5.74) is 4.66. The maximum absolute atomic E-state index is 14.2. The van der Waals surface area contributed by atoms with Gasteiger partial charge in [0.2, 0.25) is 5.91 Å². The van der Waals surface area contributed by atoms with Gasteiger partial charge in [-0.25, -0.2) is 18.6 Å². The third kappa shape index (κ3) is 9.85. The van der Waals surface area contributed by atoms with Crippen LogP contribution in [-0.2, 0) is 41.5 Å². The van der Waals surface area contributed by atoms with Gasteiger partial charge in [-0.15, -0.1) is 0 Å². The van der Waals surface area contributed by atoms with Crippen LogP contribution in [0.3, 0.4) is 0 Å². The van der Waals surface area contributed by atoms with Gasteiger partial charge in [-0.2, -0.15) is 0 Å². The lowest BCUT2D eigenvalue weighted by Crippen LogP contribution is -2.55. The Morgan fingerprint density at radius 3 is 2.45 bits per heavy atom. The molecule has 0 spiro atoms. The number of methoxy groups -OCH3 is 1. The molecule has 0 aliphatic carbocycles. The number of hydrogen-bond acceptors (Lipinski definition) is 10. The van der Waals surface area contributed by atoms with Gasteiger partial charge in [0.25, 0.3) is 0 Å². The molecule has 2 aromatic carbocycles. The number of nitrogens with one attached hydrogen (secondary N) is 2. The summed E-state index contributed by atoms with van der Waals surface area (Å²) in [6, 6.07) is 13.6. The van der Waals surface area contributed by atoms with Crippen molar-refractivity contribution >= 4 is 18.0 Å². The Balaban J connectivity index is 1.38. The minimum atomic E-state index is -1.36. The van der Waals surface area contributed by atoms with Crippen molar-refractivity contribution in [2.24, 2.45) is 17.3 Å². The number of ether oxygens (including phenoxy) is 4. The summed E-state index contributed by atoms with van der Waals surface area (Å²) in [6.07, 6.45) is 0.971. The number of hydrogen-bond donors (Lipinski definition) is 3. The number of carbonyl (C=O) groups is 3. The lowest BCUT2D eigenvalue weighted by molar-refractivity contribution is -0.155. The third-order valence-electron chi connectivity index (χ3n) is 9.02. The van der Waals surface area contributed by atoms with Crippen molar-refractivity contribution in [1.29, 1.82) is 0 Å². The van der Waals surface area contributed by atoms with E-state index in [1.54, 1.807) is 33.2 Å². The highest BCUT2D eigenvalue weighted by molar-refractivity contribution is 5.98. The number of nitrogens with zero attached hydrogens (tertiary/aromatic N) is 2. The zero-order chi connectivity index (χ0) is 36.7. The van der Waals surface area contributed by atoms with Crippen molar-refractivity contribution in [3.63, 3.8) is 0 Å². The summed E-state index contributed by atoms with van der Waals surface area (Å²) in [5, 5.41) is 15.9. The van der Waals surface area contributed by atoms with Crippen LogP contribution in [0, 0.1) is 28.9 Å². The number of hydrazine groups is 1. The number of aliphatic hydroxyl groups excluding tert-OH is 1. The Bertz CT molecular complexity index is 1660. The fourth-order valence-electron chi connectivity index (χ4n) is 6.34. The third-order valence-corrected chi connectivity index (χ3v) is 9.02. The highest BCUT2D eigenvalue weighted by Gasteiger charge is 2.44. The zero-order valence-electron chi connectivity index (χ0n) is 29.0. The molecule has 1 aromatic heterocycles. The minimum Gasteiger partial charge on any atom is -0.468 e. The topological polar surface area (TPSA) is 149 Å². The number of esters is 1. The van der Waals surface area contributed by atoms with E-state index in [4.69, 9.17) is 18.9 Å². The second kappa shape index (κ2) is 16.7. The molecule has 0 bridgehead atoms. The van der Waals surface area contributed by atoms with Crippen LogP contribution in [-0.4, -0.2) is 84.5 Å². The van der Waals surface area contributed by atoms with E-state index in [0.717, 1.165) is 28.8 Å². The maximum Gasteiger partial charge on any atom is 0.422 e. The summed E-state index contributed by atoms with van der Waals surface area (Å²) in [7, 11) is 1.20. The average Bonchev–Trinajstić information content (AvgIpc) is 3.71. The number of aromatic nitrogens is 1. The fourth-order valence-corrected chi connectivity index (χ4v) is 6.34. The SMILES string of the molecule is COC(=O)C(C(=O)NC(Cc1ccc(-c2cccnc2)cc1)C(O)CN(Cc1ccc(F)c(F)c1)NC(=O)OC1COC2OCCC12)C(C)(C)C. The van der Waals surface area contributed by atoms with Crippen LogP contribution in [0.15, 0.2) is 67.0 Å². The number of fused-ring (bicyclic) bond motifs is 1. The van der Waals surface area contributed by atoms with Gasteiger partial charge in [-0.05, 0) is 58.7 Å². The van der Waals surface area contributed by atoms with E-state index in [2.05, 4.69) is 15.7 Å². The number of amides is 2. The second-order valence-corrected chi connectivity index (χ2v) is 13.9. The molecule has 51 heavy (non-hydrogen) atoms. The van der Waals surface area contributed by atoms with Gasteiger partial charge < -0.3 is 29.4 Å². The van der Waals surface area contributed by atoms with E-state index in [0.29, 0.717) is 18.6 Å². The predicted octanol–water partition coefficient (Wildman–Crippen LogP) is 4.16. The molecule has 6 atom stereocenters. The quantitative estimate of drug-likeness (QED) is 0.134. The molecule has 12 nitrogen and oxygen atoms in total. The van der Waals surface area contributed by atoms with Gasteiger partial charge >= 0.3 is 12.1 Å². The molecule has 2 aliphatic heterocycles. The molecule has 3 N–H and O–H groups in total. The van der Waals surface area contributed by atoms with Crippen LogP contribution in [0.2, 0.25) is 0 Å². The van der Waals surface area contributed by atoms with Crippen molar-refractivity contribution < 1.29 is 47.2 Å². The fraction of sp³-hybridized carbons (Fsp3) is 0.459. The normalized spacial score (nSPS) is 20.3. The first-order valence-electron chi connectivity index (χ1n) is 16.8. The van der Waals surface area contributed by atoms with E-state index in [1.165, 1.54) is 18.2 Å². The molecule has 0 saturated carbocycles. The van der Waals surface area contributed by atoms with E-state index in [9.17, 15) is 28.3 Å². The molecule has 0 radical (unpaired) electrons. The number of rotatable bonds is 13. The smallest absolute Gasteiger partial charge is 0.422 e. The van der Waals surface area contributed by atoms with E-state index >= 15 is 0 Å². The van der Waals surface area contributed by atoms with E-state index < -0.39 is 65.5 Å². The number of carbonyl (C=O) groups excluding carboxylic acids is 3. The summed E-state index contributed by atoms with van der Waals surface area (Å²) < 4.78 is 49.6. The van der Waals surface area contributed by atoms with Crippen molar-refractivity contribution in [3.05, 3.63) is 89.8 Å². The Labute approximate surface area is 295 Å². The lowest BCUT2D eigenvalue weighted by Gasteiger charge is -2.33. The Hall–Kier alpha value is -4.50. The Kier molecular flexibility index (Phi) is 12.3. The minimum absolute atomic E-state index is 0.129. The molecule has 6 unspecified atom stereocenters. The summed E-state index contributed by atoms with van der Waals surface area (Å²) in [6.45, 7) is 5.37. The lowest BCUT2D eigenvalue weighted by atomic mass is 9.80. The Morgan fingerprint density at radius 2 is 1.78 bits per heavy atom. The highest BCUT2D eigenvalue weighted by Crippen LogP contribution is 2.33. The number of aliphatic hydroxyl groups is 1. The van der Waals surface area contributed by atoms with Crippen molar-refractivity contribution in [2.75, 3.05) is 26.9 Å². The van der Waals surface area contributed by atoms with Crippen LogP contribution >= 0.6 is 0 Å². The van der Waals surface area contributed by atoms with Gasteiger partial charge in [0.15, 0.2) is 17.9 Å². The van der Waals surface area contributed by atoms with E-state index in [-0.39, 0.29) is 32.0 Å². The van der Waals surface area contributed by atoms with Gasteiger partial charge in [0.1, 0.15) is 12.0 Å². The average molecular weight is 711 g/mol. The van der Waals surface area contributed by atoms with Crippen molar-refractivity contribution in [3.8, 4) is 11.1 Å². The monoisotopic (exact) mass is 710 g/mol. The van der Waals surface area contributed by atoms with Gasteiger partial charge in [0, 0.05) is 25.5 Å². The maximum atomic E-state index is 14.2. The molecular formula is C37H44F2N4O8. The van der Waals surface area contributed by atoms with Crippen LogP contribution in [0.1, 0.15) is 38.3 Å². The van der Waals surface area contributed by atoms with Crippen LogP contribution in [0.5, 0.6) is 0 Å². The second-order valence-electron chi connectivity index (χ2n) is 13.9. The predicted molar refractivity (Wildman–Crippen MR) is 180 cm³/mol. The first kappa shape index (κ1) is 37.7. The van der Waals surface area contributed by atoms with Crippen molar-refractivity contribution in [1.82, 2.24) is 20.7 Å².